The van der Waals surface area contributed by atoms with Crippen LogP contribution in [-0.2, 0) is 21.4 Å². The first-order valence-electron chi connectivity index (χ1n) is 7.42. The number of carbonyl (C=O) groups excluding carboxylic acids is 1. The van der Waals surface area contributed by atoms with Crippen molar-refractivity contribution < 1.29 is 17.6 Å². The van der Waals surface area contributed by atoms with Crippen molar-refractivity contribution in [2.45, 2.75) is 13.5 Å². The number of hydrogen-bond donors (Lipinski definition) is 1. The molecular weight excluding hydrogens is 367 g/mol. The minimum atomic E-state index is -3.70. The van der Waals surface area contributed by atoms with Crippen molar-refractivity contribution in [3.8, 4) is 0 Å². The Bertz CT molecular complexity index is 887. The molecule has 2 aromatic carbocycles. The molecule has 0 spiro atoms. The fourth-order valence-electron chi connectivity index (χ4n) is 2.25. The quantitative estimate of drug-likeness (QED) is 0.832. The van der Waals surface area contributed by atoms with Gasteiger partial charge in [0, 0.05) is 17.1 Å². The zero-order valence-electron chi connectivity index (χ0n) is 13.8. The molecule has 0 aliphatic carbocycles. The van der Waals surface area contributed by atoms with Crippen LogP contribution in [0.3, 0.4) is 0 Å². The van der Waals surface area contributed by atoms with Gasteiger partial charge in [0.25, 0.3) is 0 Å². The number of halogens is 2. The summed E-state index contributed by atoms with van der Waals surface area (Å²) in [5, 5.41) is 2.89. The van der Waals surface area contributed by atoms with E-state index < -0.39 is 28.3 Å². The number of hydrogen-bond acceptors (Lipinski definition) is 3. The molecule has 1 N–H and O–H groups in total. The van der Waals surface area contributed by atoms with E-state index in [0.29, 0.717) is 21.8 Å². The average molecular weight is 385 g/mol. The summed E-state index contributed by atoms with van der Waals surface area (Å²) in [6.45, 7) is 1.27. The maximum atomic E-state index is 13.6. The van der Waals surface area contributed by atoms with Crippen LogP contribution in [0.5, 0.6) is 0 Å². The summed E-state index contributed by atoms with van der Waals surface area (Å²) in [5.74, 6) is -0.985. The predicted molar refractivity (Wildman–Crippen MR) is 96.6 cm³/mol. The molecule has 0 aromatic heterocycles. The van der Waals surface area contributed by atoms with E-state index in [9.17, 15) is 17.6 Å². The van der Waals surface area contributed by atoms with Crippen LogP contribution in [0.25, 0.3) is 0 Å². The van der Waals surface area contributed by atoms with Gasteiger partial charge in [0.2, 0.25) is 15.9 Å². The van der Waals surface area contributed by atoms with Gasteiger partial charge in [-0.15, -0.1) is 0 Å². The smallest absolute Gasteiger partial charge is 0.241 e. The number of amides is 1. The van der Waals surface area contributed by atoms with Crippen LogP contribution in [0, 0.1) is 12.7 Å². The molecule has 0 fully saturated rings. The van der Waals surface area contributed by atoms with E-state index in [1.807, 2.05) is 0 Å². The lowest BCUT2D eigenvalue weighted by atomic mass is 10.2. The van der Waals surface area contributed by atoms with Crippen molar-refractivity contribution in [1.29, 1.82) is 0 Å². The zero-order chi connectivity index (χ0) is 18.6. The molecule has 0 saturated carbocycles. The molecule has 0 radical (unpaired) electrons. The number of nitrogens with zero attached hydrogens (tertiary/aromatic N) is 1. The summed E-state index contributed by atoms with van der Waals surface area (Å²) in [7, 11) is -3.70. The highest BCUT2D eigenvalue weighted by molar-refractivity contribution is 7.92. The van der Waals surface area contributed by atoms with Crippen molar-refractivity contribution in [2.24, 2.45) is 0 Å². The van der Waals surface area contributed by atoms with Crippen LogP contribution in [0.2, 0.25) is 5.02 Å². The molecule has 1 amide bonds. The van der Waals surface area contributed by atoms with E-state index in [1.54, 1.807) is 37.3 Å². The van der Waals surface area contributed by atoms with Gasteiger partial charge in [-0.3, -0.25) is 9.10 Å². The maximum Gasteiger partial charge on any atom is 0.241 e. The van der Waals surface area contributed by atoms with Crippen molar-refractivity contribution in [2.75, 3.05) is 17.1 Å². The van der Waals surface area contributed by atoms with Crippen LogP contribution in [0.4, 0.5) is 10.1 Å². The Morgan fingerprint density at radius 1 is 1.24 bits per heavy atom. The minimum Gasteiger partial charge on any atom is -0.350 e. The molecule has 8 heteroatoms. The average Bonchev–Trinajstić information content (AvgIpc) is 2.53. The van der Waals surface area contributed by atoms with Gasteiger partial charge in [-0.05, 0) is 30.7 Å². The second-order valence-corrected chi connectivity index (χ2v) is 7.91. The van der Waals surface area contributed by atoms with E-state index >= 15 is 0 Å². The predicted octanol–water partition coefficient (Wildman–Crippen LogP) is 2.87. The highest BCUT2D eigenvalue weighted by atomic mass is 35.5. The maximum absolute atomic E-state index is 13.6. The topological polar surface area (TPSA) is 66.5 Å². The Morgan fingerprint density at radius 3 is 2.56 bits per heavy atom. The number of carbonyl (C=O) groups is 1. The molecule has 0 saturated heterocycles. The minimum absolute atomic E-state index is 0.0301. The highest BCUT2D eigenvalue weighted by Gasteiger charge is 2.22. The van der Waals surface area contributed by atoms with Gasteiger partial charge < -0.3 is 5.32 Å². The lowest BCUT2D eigenvalue weighted by Crippen LogP contribution is -2.40. The largest absolute Gasteiger partial charge is 0.350 e. The fraction of sp³-hybridized carbons (Fsp3) is 0.235. The molecule has 0 aliphatic rings. The fourth-order valence-corrected chi connectivity index (χ4v) is 3.33. The van der Waals surface area contributed by atoms with E-state index in [-0.39, 0.29) is 6.54 Å². The summed E-state index contributed by atoms with van der Waals surface area (Å²) in [6.07, 6.45) is 1.01. The Morgan fingerprint density at radius 2 is 1.92 bits per heavy atom. The molecular formula is C17H18ClFN2O3S. The van der Waals surface area contributed by atoms with Crippen LogP contribution in [-0.4, -0.2) is 27.1 Å². The summed E-state index contributed by atoms with van der Waals surface area (Å²) < 4.78 is 38.8. The van der Waals surface area contributed by atoms with Gasteiger partial charge in [-0.1, -0.05) is 35.9 Å². The van der Waals surface area contributed by atoms with Gasteiger partial charge >= 0.3 is 0 Å². The van der Waals surface area contributed by atoms with E-state index in [2.05, 4.69) is 5.32 Å². The zero-order valence-corrected chi connectivity index (χ0v) is 15.4. The van der Waals surface area contributed by atoms with Gasteiger partial charge in [-0.2, -0.15) is 0 Å². The standard InChI is InChI=1S/C17H18ClFN2O3S/c1-12-7-8-14(18)9-16(12)21(25(2,23)24)11-17(22)20-10-13-5-3-4-6-15(13)19/h3-9H,10-11H2,1-2H3,(H,20,22). The summed E-state index contributed by atoms with van der Waals surface area (Å²) in [4.78, 5) is 12.2. The summed E-state index contributed by atoms with van der Waals surface area (Å²) in [6, 6.07) is 10.8. The second kappa shape index (κ2) is 7.84. The summed E-state index contributed by atoms with van der Waals surface area (Å²) >= 11 is 5.94. The van der Waals surface area contributed by atoms with Crippen LogP contribution >= 0.6 is 11.6 Å². The number of benzene rings is 2. The van der Waals surface area contributed by atoms with E-state index in [0.717, 1.165) is 10.6 Å². The third kappa shape index (κ3) is 5.17. The van der Waals surface area contributed by atoms with Gasteiger partial charge in [0.1, 0.15) is 12.4 Å². The molecule has 2 rings (SSSR count). The number of sulfonamides is 1. The lowest BCUT2D eigenvalue weighted by molar-refractivity contribution is -0.119. The third-order valence-corrected chi connectivity index (χ3v) is 4.92. The number of anilines is 1. The normalized spacial score (nSPS) is 11.2. The van der Waals surface area contributed by atoms with Gasteiger partial charge in [0.05, 0.1) is 11.9 Å². The number of rotatable bonds is 6. The number of nitrogens with one attached hydrogen (secondary N) is 1. The Balaban J connectivity index is 2.16. The molecule has 0 atom stereocenters. The van der Waals surface area contributed by atoms with Crippen molar-refractivity contribution in [3.05, 3.63) is 64.4 Å². The van der Waals surface area contributed by atoms with Crippen LogP contribution in [0.15, 0.2) is 42.5 Å². The first-order chi connectivity index (χ1) is 11.7. The molecule has 2 aromatic rings. The van der Waals surface area contributed by atoms with E-state index in [1.165, 1.54) is 12.1 Å². The van der Waals surface area contributed by atoms with Crippen LogP contribution in [0.1, 0.15) is 11.1 Å². The third-order valence-electron chi connectivity index (χ3n) is 3.56. The Labute approximate surface area is 151 Å². The first kappa shape index (κ1) is 19.2. The molecule has 134 valence electrons. The van der Waals surface area contributed by atoms with E-state index in [4.69, 9.17) is 11.6 Å². The SMILES string of the molecule is Cc1ccc(Cl)cc1N(CC(=O)NCc1ccccc1F)S(C)(=O)=O. The second-order valence-electron chi connectivity index (χ2n) is 5.57. The molecule has 25 heavy (non-hydrogen) atoms. The Hall–Kier alpha value is -2.12. The molecule has 0 heterocycles. The van der Waals surface area contributed by atoms with Gasteiger partial charge in [0.15, 0.2) is 0 Å². The monoisotopic (exact) mass is 384 g/mol. The number of aryl methyl sites for hydroxylation is 1. The highest BCUT2D eigenvalue weighted by Crippen LogP contribution is 2.26. The van der Waals surface area contributed by atoms with Crippen molar-refractivity contribution in [3.63, 3.8) is 0 Å². The summed E-state index contributed by atoms with van der Waals surface area (Å²) in [5.41, 5.74) is 1.31. The van der Waals surface area contributed by atoms with Crippen molar-refractivity contribution >= 4 is 33.2 Å². The van der Waals surface area contributed by atoms with Gasteiger partial charge in [-0.25, -0.2) is 12.8 Å². The lowest BCUT2D eigenvalue weighted by Gasteiger charge is -2.23. The molecule has 0 unspecified atom stereocenters. The Kier molecular flexibility index (Phi) is 6.02. The molecule has 5 nitrogen and oxygen atoms in total. The first-order valence-corrected chi connectivity index (χ1v) is 9.65. The molecule has 0 bridgehead atoms. The molecule has 0 aliphatic heterocycles. The van der Waals surface area contributed by atoms with Crippen LogP contribution < -0.4 is 9.62 Å². The van der Waals surface area contributed by atoms with Crippen molar-refractivity contribution in [1.82, 2.24) is 5.32 Å².